The molecule has 134 valence electrons. The van der Waals surface area contributed by atoms with Crippen LogP contribution in [-0.4, -0.2) is 0 Å². The molecule has 0 aliphatic heterocycles. The molecule has 0 amide bonds. The zero-order valence-electron chi connectivity index (χ0n) is 14.9. The largest absolute Gasteiger partial charge is 0.530 e. The van der Waals surface area contributed by atoms with E-state index in [0.717, 1.165) is 28.2 Å². The van der Waals surface area contributed by atoms with Gasteiger partial charge < -0.3 is 13.6 Å². The lowest BCUT2D eigenvalue weighted by molar-refractivity contribution is 0.385. The average molecular weight is 387 g/mol. The van der Waals surface area contributed by atoms with Gasteiger partial charge in [0.05, 0.1) is 5.02 Å². The molecule has 0 unspecified atom stereocenters. The van der Waals surface area contributed by atoms with Crippen molar-refractivity contribution >= 4 is 20.2 Å². The fraction of sp³-hybridized carbons (Fsp3) is 0.143. The molecule has 0 aliphatic carbocycles. The van der Waals surface area contributed by atoms with E-state index in [0.29, 0.717) is 10.8 Å². The Balaban J connectivity index is 1.91. The first-order chi connectivity index (χ1) is 12.5. The van der Waals surface area contributed by atoms with Gasteiger partial charge in [0.25, 0.3) is 0 Å². The summed E-state index contributed by atoms with van der Waals surface area (Å²) in [5, 5.41) is 0.527. The third kappa shape index (κ3) is 4.49. The molecule has 0 radical (unpaired) electrons. The van der Waals surface area contributed by atoms with Gasteiger partial charge in [-0.2, -0.15) is 0 Å². The zero-order chi connectivity index (χ0) is 18.5. The molecule has 0 bridgehead atoms. The second-order valence-corrected chi connectivity index (χ2v) is 7.32. The molecule has 0 heterocycles. The van der Waals surface area contributed by atoms with Crippen LogP contribution in [0.25, 0.3) is 0 Å². The number of aryl methyl sites for hydroxylation is 3. The molecular formula is C21H20ClO3P. The van der Waals surface area contributed by atoms with Gasteiger partial charge >= 0.3 is 8.60 Å². The predicted octanol–water partition coefficient (Wildman–Crippen LogP) is 7.03. The van der Waals surface area contributed by atoms with E-state index in [1.807, 2.05) is 81.4 Å². The molecule has 0 saturated carbocycles. The second-order valence-electron chi connectivity index (χ2n) is 5.91. The Kier molecular flexibility index (Phi) is 6.03. The maximum absolute atomic E-state index is 6.32. The van der Waals surface area contributed by atoms with Crippen LogP contribution in [0, 0.1) is 20.8 Å². The molecule has 26 heavy (non-hydrogen) atoms. The highest BCUT2D eigenvalue weighted by molar-refractivity contribution is 7.43. The van der Waals surface area contributed by atoms with Gasteiger partial charge in [-0.15, -0.1) is 0 Å². The number of halogens is 1. The monoisotopic (exact) mass is 386 g/mol. The van der Waals surface area contributed by atoms with E-state index in [1.54, 1.807) is 6.07 Å². The van der Waals surface area contributed by atoms with Crippen molar-refractivity contribution in [2.45, 2.75) is 20.8 Å². The Bertz CT molecular complexity index is 830. The molecule has 0 aliphatic rings. The standard InChI is InChI=1S/C21H20ClO3P/c1-15-9-4-6-13-19(15)23-26(24-20-14-7-5-10-16(20)2)25-21-17(3)11-8-12-18(21)22/h4-14H,1-3H3. The molecule has 0 fully saturated rings. The summed E-state index contributed by atoms with van der Waals surface area (Å²) >= 11 is 6.32. The van der Waals surface area contributed by atoms with E-state index in [9.17, 15) is 0 Å². The van der Waals surface area contributed by atoms with E-state index in [4.69, 9.17) is 25.2 Å². The van der Waals surface area contributed by atoms with Gasteiger partial charge in [0.2, 0.25) is 0 Å². The lowest BCUT2D eigenvalue weighted by atomic mass is 10.2. The first-order valence-electron chi connectivity index (χ1n) is 8.25. The molecule has 3 rings (SSSR count). The van der Waals surface area contributed by atoms with Gasteiger partial charge in [-0.25, -0.2) is 0 Å². The molecule has 0 spiro atoms. The summed E-state index contributed by atoms with van der Waals surface area (Å²) < 4.78 is 18.2. The summed E-state index contributed by atoms with van der Waals surface area (Å²) in [5.41, 5.74) is 2.94. The van der Waals surface area contributed by atoms with Crippen molar-refractivity contribution in [2.24, 2.45) is 0 Å². The number of hydrogen-bond acceptors (Lipinski definition) is 3. The summed E-state index contributed by atoms with van der Waals surface area (Å²) in [5.74, 6) is 2.01. The smallest absolute Gasteiger partial charge is 0.408 e. The third-order valence-electron chi connectivity index (χ3n) is 3.86. The summed E-state index contributed by atoms with van der Waals surface area (Å²) in [7, 11) is -1.74. The topological polar surface area (TPSA) is 27.7 Å². The minimum Gasteiger partial charge on any atom is -0.408 e. The van der Waals surface area contributed by atoms with Crippen molar-refractivity contribution < 1.29 is 13.6 Å². The summed E-state index contributed by atoms with van der Waals surface area (Å²) in [6, 6.07) is 21.1. The van der Waals surface area contributed by atoms with Crippen LogP contribution in [0.3, 0.4) is 0 Å². The Morgan fingerprint density at radius 3 is 1.62 bits per heavy atom. The van der Waals surface area contributed by atoms with Crippen LogP contribution in [0.1, 0.15) is 16.7 Å². The lowest BCUT2D eigenvalue weighted by Gasteiger charge is -2.21. The predicted molar refractivity (Wildman–Crippen MR) is 107 cm³/mol. The van der Waals surface area contributed by atoms with Crippen molar-refractivity contribution in [1.29, 1.82) is 0 Å². The van der Waals surface area contributed by atoms with Gasteiger partial charge in [-0.05, 0) is 55.7 Å². The molecule has 3 nitrogen and oxygen atoms in total. The molecule has 5 heteroatoms. The fourth-order valence-electron chi connectivity index (χ4n) is 2.34. The molecule has 3 aromatic rings. The van der Waals surface area contributed by atoms with Crippen molar-refractivity contribution in [2.75, 3.05) is 0 Å². The SMILES string of the molecule is Cc1ccccc1OP(Oc1ccccc1C)Oc1c(C)cccc1Cl. The highest BCUT2D eigenvalue weighted by atomic mass is 35.5. The number of rotatable bonds is 6. The first kappa shape index (κ1) is 18.6. The van der Waals surface area contributed by atoms with Gasteiger partial charge in [-0.1, -0.05) is 60.1 Å². The first-order valence-corrected chi connectivity index (χ1v) is 9.72. The van der Waals surface area contributed by atoms with Crippen LogP contribution < -0.4 is 13.6 Å². The van der Waals surface area contributed by atoms with Crippen LogP contribution in [-0.2, 0) is 0 Å². The molecule has 0 aromatic heterocycles. The van der Waals surface area contributed by atoms with Crippen LogP contribution in [0.5, 0.6) is 17.2 Å². The number of benzene rings is 3. The van der Waals surface area contributed by atoms with Crippen molar-refractivity contribution in [3.05, 3.63) is 88.4 Å². The molecular weight excluding hydrogens is 367 g/mol. The van der Waals surface area contributed by atoms with Crippen LogP contribution >= 0.6 is 20.2 Å². The quantitative estimate of drug-likeness (QED) is 0.425. The van der Waals surface area contributed by atoms with Crippen LogP contribution in [0.15, 0.2) is 66.7 Å². The zero-order valence-corrected chi connectivity index (χ0v) is 16.6. The van der Waals surface area contributed by atoms with Crippen molar-refractivity contribution in [3.8, 4) is 17.2 Å². The lowest BCUT2D eigenvalue weighted by Crippen LogP contribution is -2.05. The summed E-state index contributed by atoms with van der Waals surface area (Å²) in [6.45, 7) is 5.91. The number of para-hydroxylation sites is 3. The van der Waals surface area contributed by atoms with E-state index in [1.165, 1.54) is 0 Å². The van der Waals surface area contributed by atoms with E-state index in [-0.39, 0.29) is 0 Å². The Hall–Kier alpha value is -2.22. The number of hydrogen-bond donors (Lipinski definition) is 0. The Labute approximate surface area is 160 Å². The highest BCUT2D eigenvalue weighted by Crippen LogP contribution is 2.46. The van der Waals surface area contributed by atoms with Crippen LogP contribution in [0.2, 0.25) is 5.02 Å². The summed E-state index contributed by atoms with van der Waals surface area (Å²) in [6.07, 6.45) is 0. The average Bonchev–Trinajstić information content (AvgIpc) is 2.62. The third-order valence-corrected chi connectivity index (χ3v) is 5.18. The maximum Gasteiger partial charge on any atom is 0.530 e. The van der Waals surface area contributed by atoms with E-state index < -0.39 is 8.60 Å². The van der Waals surface area contributed by atoms with Gasteiger partial charge in [0.1, 0.15) is 11.5 Å². The van der Waals surface area contributed by atoms with Gasteiger partial charge in [0, 0.05) is 0 Å². The van der Waals surface area contributed by atoms with Crippen LogP contribution in [0.4, 0.5) is 0 Å². The molecule has 0 atom stereocenters. The van der Waals surface area contributed by atoms with Gasteiger partial charge in [0.15, 0.2) is 5.75 Å². The normalized spacial score (nSPS) is 10.7. The minimum absolute atomic E-state index is 0.527. The summed E-state index contributed by atoms with van der Waals surface area (Å²) in [4.78, 5) is 0. The minimum atomic E-state index is -1.74. The Morgan fingerprint density at radius 1 is 0.615 bits per heavy atom. The van der Waals surface area contributed by atoms with Crippen molar-refractivity contribution in [3.63, 3.8) is 0 Å². The Morgan fingerprint density at radius 2 is 1.12 bits per heavy atom. The van der Waals surface area contributed by atoms with E-state index in [2.05, 4.69) is 0 Å². The van der Waals surface area contributed by atoms with E-state index >= 15 is 0 Å². The molecule has 0 N–H and O–H groups in total. The van der Waals surface area contributed by atoms with Crippen molar-refractivity contribution in [1.82, 2.24) is 0 Å². The second kappa shape index (κ2) is 8.44. The fourth-order valence-corrected chi connectivity index (χ4v) is 3.89. The molecule has 0 saturated heterocycles. The maximum atomic E-state index is 6.32. The van der Waals surface area contributed by atoms with Gasteiger partial charge in [-0.3, -0.25) is 0 Å². The molecule has 3 aromatic carbocycles. The highest BCUT2D eigenvalue weighted by Gasteiger charge is 2.23.